The van der Waals surface area contributed by atoms with E-state index in [1.54, 1.807) is 0 Å². The summed E-state index contributed by atoms with van der Waals surface area (Å²) in [6.45, 7) is 9.81. The van der Waals surface area contributed by atoms with Gasteiger partial charge in [0.2, 0.25) is 12.1 Å². The Morgan fingerprint density at radius 2 is 1.54 bits per heavy atom. The fourth-order valence-electron chi connectivity index (χ4n) is 5.83. The van der Waals surface area contributed by atoms with Crippen LogP contribution in [-0.4, -0.2) is 57.9 Å². The molecule has 0 spiro atoms. The lowest BCUT2D eigenvalue weighted by Gasteiger charge is -2.52. The number of non-ortho nitro benzene ring substituents is 1. The molecule has 1 amide bonds. The van der Waals surface area contributed by atoms with E-state index < -0.39 is 48.7 Å². The normalized spacial score (nSPS) is 18.0. The molecule has 46 heavy (non-hydrogen) atoms. The highest BCUT2D eigenvalue weighted by Gasteiger charge is 2.59. The topological polar surface area (TPSA) is 136 Å². The number of esters is 1. The molecule has 0 aromatic heterocycles. The van der Waals surface area contributed by atoms with Crippen molar-refractivity contribution in [3.63, 3.8) is 0 Å². The molecule has 1 aliphatic rings. The second kappa shape index (κ2) is 14.7. The predicted octanol–water partition coefficient (Wildman–Crippen LogP) is 4.77. The summed E-state index contributed by atoms with van der Waals surface area (Å²) in [6.07, 6.45) is -1.76. The van der Waals surface area contributed by atoms with Gasteiger partial charge >= 0.3 is 5.97 Å². The van der Waals surface area contributed by atoms with Gasteiger partial charge in [-0.1, -0.05) is 100 Å². The summed E-state index contributed by atoms with van der Waals surface area (Å²) in [5.41, 5.74) is 0.355. The van der Waals surface area contributed by atoms with Crippen LogP contribution in [0.1, 0.15) is 53.0 Å². The molecule has 4 unspecified atom stereocenters. The van der Waals surface area contributed by atoms with Gasteiger partial charge in [-0.25, -0.2) is 4.79 Å². The number of amides is 1. The van der Waals surface area contributed by atoms with E-state index in [1.165, 1.54) is 24.3 Å². The van der Waals surface area contributed by atoms with Crippen molar-refractivity contribution in [2.75, 3.05) is 0 Å². The lowest BCUT2D eigenvalue weighted by atomic mass is 9.92. The van der Waals surface area contributed by atoms with E-state index in [4.69, 9.17) is 9.16 Å². The van der Waals surface area contributed by atoms with E-state index in [0.717, 1.165) is 27.0 Å². The van der Waals surface area contributed by atoms with E-state index >= 15 is 0 Å². The summed E-state index contributed by atoms with van der Waals surface area (Å²) in [4.78, 5) is 51.0. The van der Waals surface area contributed by atoms with Crippen molar-refractivity contribution in [1.29, 1.82) is 0 Å². The molecule has 244 valence electrons. The second-order valence-electron chi connectivity index (χ2n) is 12.3. The number of thioether (sulfide) groups is 1. The van der Waals surface area contributed by atoms with Crippen LogP contribution in [0.3, 0.4) is 0 Å². The van der Waals surface area contributed by atoms with Crippen molar-refractivity contribution in [3.05, 3.63) is 101 Å². The number of hydrogen-bond acceptors (Lipinski definition) is 9. The standard InChI is InChI=1S/C34H40N2O8SSi/c1-6-13-28(37)45-32-29(30(38)35(32)31(39)33(40)43-22-24-18-20-25(21-19-24)36(41)42)23(2)44-46(34(3,4)5,26-14-9-7-10-15-26)27-16-11-8-12-17-27/h7-12,14-21,23,29,31-32,39H,6,13,22H2,1-5H3. The Bertz CT molecular complexity index is 1490. The van der Waals surface area contributed by atoms with Crippen LogP contribution in [-0.2, 0) is 30.2 Å². The van der Waals surface area contributed by atoms with Gasteiger partial charge in [0.1, 0.15) is 12.0 Å². The van der Waals surface area contributed by atoms with Crippen molar-refractivity contribution in [1.82, 2.24) is 4.90 Å². The summed E-state index contributed by atoms with van der Waals surface area (Å²) >= 11 is 0.919. The molecule has 4 atom stereocenters. The average molecular weight is 665 g/mol. The van der Waals surface area contributed by atoms with Crippen molar-refractivity contribution >= 4 is 53.1 Å². The van der Waals surface area contributed by atoms with Gasteiger partial charge in [-0.15, -0.1) is 0 Å². The summed E-state index contributed by atoms with van der Waals surface area (Å²) in [5.74, 6) is -2.41. The minimum absolute atomic E-state index is 0.113. The lowest BCUT2D eigenvalue weighted by molar-refractivity contribution is -0.384. The quantitative estimate of drug-likeness (QED) is 0.0901. The monoisotopic (exact) mass is 664 g/mol. The number of carbonyl (C=O) groups excluding carboxylic acids is 3. The van der Waals surface area contributed by atoms with Crippen LogP contribution in [0.2, 0.25) is 5.04 Å². The van der Waals surface area contributed by atoms with Gasteiger partial charge < -0.3 is 14.3 Å². The number of rotatable bonds is 13. The molecular formula is C34H40N2O8SSi. The van der Waals surface area contributed by atoms with Crippen molar-refractivity contribution in [3.8, 4) is 0 Å². The van der Waals surface area contributed by atoms with Gasteiger partial charge in [-0.05, 0) is 46.5 Å². The third-order valence-electron chi connectivity index (χ3n) is 8.12. The first-order valence-corrected chi connectivity index (χ1v) is 18.0. The molecule has 1 heterocycles. The Hall–Kier alpha value is -3.84. The van der Waals surface area contributed by atoms with Crippen LogP contribution in [0.25, 0.3) is 0 Å². The summed E-state index contributed by atoms with van der Waals surface area (Å²) in [7, 11) is -3.07. The zero-order valence-corrected chi connectivity index (χ0v) is 28.4. The summed E-state index contributed by atoms with van der Waals surface area (Å²) in [5, 5.41) is 22.6. The zero-order valence-electron chi connectivity index (χ0n) is 26.6. The van der Waals surface area contributed by atoms with E-state index in [1.807, 2.05) is 74.5 Å². The molecule has 10 nitrogen and oxygen atoms in total. The Balaban J connectivity index is 1.61. The molecule has 4 rings (SSSR count). The van der Waals surface area contributed by atoms with E-state index in [9.17, 15) is 29.6 Å². The minimum Gasteiger partial charge on any atom is -0.457 e. The van der Waals surface area contributed by atoms with Gasteiger partial charge in [0, 0.05) is 18.6 Å². The van der Waals surface area contributed by atoms with Gasteiger partial charge in [0.05, 0.1) is 16.9 Å². The SMILES string of the molecule is CCCC(=O)SC1C(C(C)O[Si](c2ccccc2)(c2ccccc2)C(C)(C)C)C(=O)N1C(O)C(=O)OCc1ccc([N+](=O)[O-])cc1. The minimum atomic E-state index is -3.07. The molecule has 1 fully saturated rings. The number of β-lactam (4-membered cyclic amide) rings is 1. The van der Waals surface area contributed by atoms with Crippen LogP contribution in [0.15, 0.2) is 84.9 Å². The maximum atomic E-state index is 13.8. The van der Waals surface area contributed by atoms with E-state index in [0.29, 0.717) is 12.0 Å². The molecule has 12 heteroatoms. The number of nitrogens with zero attached hydrogens (tertiary/aromatic N) is 2. The van der Waals surface area contributed by atoms with Gasteiger partial charge in [-0.2, -0.15) is 0 Å². The highest BCUT2D eigenvalue weighted by atomic mass is 32.2. The third-order valence-corrected chi connectivity index (χ3v) is 14.5. The highest BCUT2D eigenvalue weighted by molar-refractivity contribution is 8.14. The number of ether oxygens (including phenoxy) is 1. The maximum Gasteiger partial charge on any atom is 0.356 e. The average Bonchev–Trinajstić information content (AvgIpc) is 3.02. The molecule has 1 aliphatic heterocycles. The first-order chi connectivity index (χ1) is 21.8. The fraction of sp³-hybridized carbons (Fsp3) is 0.382. The van der Waals surface area contributed by atoms with E-state index in [-0.39, 0.29) is 28.9 Å². The van der Waals surface area contributed by atoms with Crippen LogP contribution in [0, 0.1) is 16.0 Å². The number of aliphatic hydroxyl groups is 1. The predicted molar refractivity (Wildman–Crippen MR) is 179 cm³/mol. The summed E-state index contributed by atoms with van der Waals surface area (Å²) < 4.78 is 12.4. The molecule has 0 saturated carbocycles. The molecule has 3 aromatic carbocycles. The van der Waals surface area contributed by atoms with Crippen LogP contribution in [0.5, 0.6) is 0 Å². The molecular weight excluding hydrogens is 625 g/mol. The number of carbonyl (C=O) groups is 3. The van der Waals surface area contributed by atoms with Gasteiger partial charge in [-0.3, -0.25) is 24.6 Å². The molecule has 0 aliphatic carbocycles. The Labute approximate surface area is 274 Å². The smallest absolute Gasteiger partial charge is 0.356 e. The largest absolute Gasteiger partial charge is 0.457 e. The van der Waals surface area contributed by atoms with Crippen molar-refractivity contribution in [2.24, 2.45) is 5.92 Å². The molecule has 3 aromatic rings. The van der Waals surface area contributed by atoms with E-state index in [2.05, 4.69) is 20.8 Å². The maximum absolute atomic E-state index is 13.8. The Morgan fingerprint density at radius 3 is 2.02 bits per heavy atom. The molecule has 1 saturated heterocycles. The second-order valence-corrected chi connectivity index (χ2v) is 17.7. The molecule has 1 N–H and O–H groups in total. The first kappa shape index (κ1) is 35.0. The number of nitro groups is 1. The highest BCUT2D eigenvalue weighted by Crippen LogP contribution is 2.44. The Morgan fingerprint density at radius 1 is 1.00 bits per heavy atom. The number of hydrogen-bond donors (Lipinski definition) is 1. The first-order valence-electron chi connectivity index (χ1n) is 15.2. The lowest BCUT2D eigenvalue weighted by Crippen LogP contribution is -2.72. The molecule has 0 bridgehead atoms. The van der Waals surface area contributed by atoms with Crippen LogP contribution >= 0.6 is 11.8 Å². The van der Waals surface area contributed by atoms with Crippen molar-refractivity contribution in [2.45, 2.75) is 76.8 Å². The van der Waals surface area contributed by atoms with Gasteiger partial charge in [0.25, 0.3) is 14.0 Å². The Kier molecular flexibility index (Phi) is 11.2. The number of benzene rings is 3. The third kappa shape index (κ3) is 7.25. The van der Waals surface area contributed by atoms with Crippen molar-refractivity contribution < 1.29 is 33.6 Å². The number of likely N-dealkylation sites (tertiary alicyclic amines) is 1. The molecule has 0 radical (unpaired) electrons. The fourth-order valence-corrected chi connectivity index (χ4v) is 12.0. The number of aliphatic hydroxyl groups excluding tert-OH is 1. The van der Waals surface area contributed by atoms with Crippen LogP contribution < -0.4 is 10.4 Å². The number of nitro benzene ring substituents is 1. The van der Waals surface area contributed by atoms with Crippen LogP contribution in [0.4, 0.5) is 5.69 Å². The summed E-state index contributed by atoms with van der Waals surface area (Å²) in [6, 6.07) is 25.4. The van der Waals surface area contributed by atoms with Gasteiger partial charge in [0.15, 0.2) is 5.12 Å². The zero-order chi connectivity index (χ0) is 33.6.